The third-order valence-electron chi connectivity index (χ3n) is 6.23. The van der Waals surface area contributed by atoms with E-state index >= 15 is 0 Å². The van der Waals surface area contributed by atoms with Gasteiger partial charge in [0.15, 0.2) is 0 Å². The molecule has 2 aromatic heterocycles. The lowest BCUT2D eigenvalue weighted by Crippen LogP contribution is -2.27. The molecule has 1 fully saturated rings. The average molecular weight is 378 g/mol. The minimum atomic E-state index is -0.363. The summed E-state index contributed by atoms with van der Waals surface area (Å²) in [6, 6.07) is 10.2. The molecule has 0 unspecified atom stereocenters. The summed E-state index contributed by atoms with van der Waals surface area (Å²) < 4.78 is 1.93. The monoisotopic (exact) mass is 378 g/mol. The van der Waals surface area contributed by atoms with Gasteiger partial charge in [-0.25, -0.2) is 0 Å². The Kier molecular flexibility index (Phi) is 4.33. The highest BCUT2D eigenvalue weighted by Crippen LogP contribution is 2.28. The fourth-order valence-electron chi connectivity index (χ4n) is 4.93. The molecule has 2 aliphatic heterocycles. The van der Waals surface area contributed by atoms with Gasteiger partial charge in [-0.1, -0.05) is 18.2 Å². The number of hydrogen-bond donors (Lipinski definition) is 2. The molecule has 0 radical (unpaired) electrons. The van der Waals surface area contributed by atoms with Crippen LogP contribution in [0, 0.1) is 12.8 Å². The van der Waals surface area contributed by atoms with Gasteiger partial charge in [0, 0.05) is 49.2 Å². The van der Waals surface area contributed by atoms with Crippen molar-refractivity contribution in [3.63, 3.8) is 0 Å². The van der Waals surface area contributed by atoms with E-state index in [4.69, 9.17) is 0 Å². The number of H-pyrrole nitrogens is 1. The van der Waals surface area contributed by atoms with Crippen molar-refractivity contribution in [2.24, 2.45) is 5.92 Å². The maximum Gasteiger partial charge on any atom is 0.251 e. The summed E-state index contributed by atoms with van der Waals surface area (Å²) in [6.07, 6.45) is 2.47. The van der Waals surface area contributed by atoms with Crippen LogP contribution in [0.2, 0.25) is 0 Å². The Labute approximate surface area is 163 Å². The second-order valence-corrected chi connectivity index (χ2v) is 8.34. The van der Waals surface area contributed by atoms with Crippen molar-refractivity contribution in [1.82, 2.24) is 19.7 Å². The standard InChI is InChI=1S/C22H26N4O2/c1-14-8-18(24-23-14)9-17-12-25(13-20(17)27)11-16-10-21(28)26-7-3-5-15-4-2-6-19(16)22(15)26/h2,4,6,8,10,17,20,27H,3,5,7,9,11-13H2,1H3,(H,23,24)/t17-,20-/m1/s1. The highest BCUT2D eigenvalue weighted by atomic mass is 16.3. The van der Waals surface area contributed by atoms with Gasteiger partial charge in [0.2, 0.25) is 0 Å². The minimum absolute atomic E-state index is 0.0953. The number of benzene rings is 1. The second-order valence-electron chi connectivity index (χ2n) is 8.34. The molecule has 146 valence electrons. The maximum atomic E-state index is 12.7. The number of hydrogen-bond acceptors (Lipinski definition) is 4. The third kappa shape index (κ3) is 3.06. The Hall–Kier alpha value is -2.44. The molecular weight excluding hydrogens is 352 g/mol. The number of β-amino-alcohol motifs (C(OH)–C–C–N with tert-alkyl or cyclic N) is 1. The molecule has 6 heteroatoms. The second kappa shape index (κ2) is 6.87. The summed E-state index contributed by atoms with van der Waals surface area (Å²) in [4.78, 5) is 15.0. The van der Waals surface area contributed by atoms with E-state index in [0.29, 0.717) is 13.1 Å². The van der Waals surface area contributed by atoms with E-state index in [1.807, 2.05) is 17.6 Å². The molecule has 3 aromatic rings. The Morgan fingerprint density at radius 1 is 1.29 bits per heavy atom. The van der Waals surface area contributed by atoms with Gasteiger partial charge in [-0.15, -0.1) is 0 Å². The van der Waals surface area contributed by atoms with Crippen molar-refractivity contribution in [1.29, 1.82) is 0 Å². The molecule has 0 saturated carbocycles. The summed E-state index contributed by atoms with van der Waals surface area (Å²) in [5, 5.41) is 19.0. The van der Waals surface area contributed by atoms with Gasteiger partial charge >= 0.3 is 0 Å². The zero-order chi connectivity index (χ0) is 19.3. The van der Waals surface area contributed by atoms with E-state index in [9.17, 15) is 9.90 Å². The van der Waals surface area contributed by atoms with Crippen molar-refractivity contribution in [2.75, 3.05) is 13.1 Å². The number of aliphatic hydroxyl groups excluding tert-OH is 1. The number of nitrogens with zero attached hydrogens (tertiary/aromatic N) is 3. The van der Waals surface area contributed by atoms with Gasteiger partial charge < -0.3 is 9.67 Å². The predicted octanol–water partition coefficient (Wildman–Crippen LogP) is 2.01. The summed E-state index contributed by atoms with van der Waals surface area (Å²) >= 11 is 0. The summed E-state index contributed by atoms with van der Waals surface area (Å²) in [6.45, 7) is 4.95. The molecule has 1 aromatic carbocycles. The first-order valence-electron chi connectivity index (χ1n) is 10.1. The molecule has 0 spiro atoms. The lowest BCUT2D eigenvalue weighted by molar-refractivity contribution is 0.140. The number of likely N-dealkylation sites (tertiary alicyclic amines) is 1. The molecule has 6 nitrogen and oxygen atoms in total. The van der Waals surface area contributed by atoms with Gasteiger partial charge in [-0.05, 0) is 43.4 Å². The van der Waals surface area contributed by atoms with Crippen molar-refractivity contribution >= 4 is 10.9 Å². The number of aliphatic hydroxyl groups is 1. The highest BCUT2D eigenvalue weighted by molar-refractivity contribution is 5.86. The van der Waals surface area contributed by atoms with Crippen LogP contribution in [-0.4, -0.2) is 44.0 Å². The molecule has 2 aliphatic rings. The SMILES string of the molecule is Cc1cc(C[C@@H]2CN(Cc3cc(=O)n4c5c(cccc35)CCC4)C[C@H]2O)n[nH]1. The Balaban J connectivity index is 1.40. The van der Waals surface area contributed by atoms with Gasteiger partial charge in [-0.2, -0.15) is 5.10 Å². The molecule has 4 heterocycles. The highest BCUT2D eigenvalue weighted by Gasteiger charge is 2.32. The summed E-state index contributed by atoms with van der Waals surface area (Å²) in [5.41, 5.74) is 5.60. The van der Waals surface area contributed by atoms with Gasteiger partial charge in [-0.3, -0.25) is 14.8 Å². The van der Waals surface area contributed by atoms with E-state index in [0.717, 1.165) is 54.8 Å². The lowest BCUT2D eigenvalue weighted by Gasteiger charge is -2.22. The van der Waals surface area contributed by atoms with Crippen LogP contribution in [0.1, 0.15) is 28.9 Å². The van der Waals surface area contributed by atoms with Gasteiger partial charge in [0.1, 0.15) is 0 Å². The van der Waals surface area contributed by atoms with Gasteiger partial charge in [0.25, 0.3) is 5.56 Å². The topological polar surface area (TPSA) is 74.2 Å². The zero-order valence-corrected chi connectivity index (χ0v) is 16.2. The molecule has 5 rings (SSSR count). The fraction of sp³-hybridized carbons (Fsp3) is 0.455. The van der Waals surface area contributed by atoms with Crippen molar-refractivity contribution in [3.8, 4) is 0 Å². The van der Waals surface area contributed by atoms with E-state index in [1.165, 1.54) is 10.9 Å². The number of rotatable bonds is 4. The molecule has 1 saturated heterocycles. The number of para-hydroxylation sites is 1. The van der Waals surface area contributed by atoms with Crippen LogP contribution >= 0.6 is 0 Å². The normalized spacial score (nSPS) is 22.2. The number of aromatic nitrogens is 3. The molecular formula is C22H26N4O2. The molecule has 2 N–H and O–H groups in total. The molecule has 0 aliphatic carbocycles. The Bertz CT molecular complexity index is 1080. The Morgan fingerprint density at radius 3 is 3.00 bits per heavy atom. The number of nitrogens with one attached hydrogen (secondary N) is 1. The van der Waals surface area contributed by atoms with Crippen LogP contribution in [0.5, 0.6) is 0 Å². The maximum absolute atomic E-state index is 12.7. The quantitative estimate of drug-likeness (QED) is 0.728. The number of aryl methyl sites for hydroxylation is 3. The molecule has 0 amide bonds. The summed E-state index contributed by atoms with van der Waals surface area (Å²) in [7, 11) is 0. The van der Waals surface area contributed by atoms with Crippen molar-refractivity contribution in [3.05, 3.63) is 63.2 Å². The number of pyridine rings is 1. The minimum Gasteiger partial charge on any atom is -0.391 e. The molecule has 2 atom stereocenters. The van der Waals surface area contributed by atoms with Crippen LogP contribution in [0.4, 0.5) is 0 Å². The first kappa shape index (κ1) is 17.6. The van der Waals surface area contributed by atoms with Crippen molar-refractivity contribution in [2.45, 2.75) is 45.4 Å². The van der Waals surface area contributed by atoms with Crippen LogP contribution in [0.3, 0.4) is 0 Å². The zero-order valence-electron chi connectivity index (χ0n) is 16.2. The molecule has 28 heavy (non-hydrogen) atoms. The Morgan fingerprint density at radius 2 is 2.18 bits per heavy atom. The van der Waals surface area contributed by atoms with Gasteiger partial charge in [0.05, 0.1) is 17.3 Å². The first-order valence-corrected chi connectivity index (χ1v) is 10.1. The largest absolute Gasteiger partial charge is 0.391 e. The van der Waals surface area contributed by atoms with E-state index in [2.05, 4.69) is 33.3 Å². The smallest absolute Gasteiger partial charge is 0.251 e. The van der Waals surface area contributed by atoms with E-state index < -0.39 is 0 Å². The van der Waals surface area contributed by atoms with Crippen molar-refractivity contribution < 1.29 is 5.11 Å². The van der Waals surface area contributed by atoms with E-state index in [1.54, 1.807) is 6.07 Å². The lowest BCUT2D eigenvalue weighted by atomic mass is 9.98. The van der Waals surface area contributed by atoms with Crippen LogP contribution in [0.25, 0.3) is 10.9 Å². The fourth-order valence-corrected chi connectivity index (χ4v) is 4.93. The summed E-state index contributed by atoms with van der Waals surface area (Å²) in [5.74, 6) is 0.170. The number of aromatic amines is 1. The van der Waals surface area contributed by atoms with Crippen LogP contribution < -0.4 is 5.56 Å². The van der Waals surface area contributed by atoms with E-state index in [-0.39, 0.29) is 17.6 Å². The third-order valence-corrected chi connectivity index (χ3v) is 6.23. The average Bonchev–Trinajstić information content (AvgIpc) is 3.24. The molecule has 0 bridgehead atoms. The van der Waals surface area contributed by atoms with Crippen LogP contribution in [0.15, 0.2) is 35.1 Å². The predicted molar refractivity (Wildman–Crippen MR) is 108 cm³/mol. The van der Waals surface area contributed by atoms with Crippen LogP contribution in [-0.2, 0) is 25.9 Å². The first-order chi connectivity index (χ1) is 13.6.